The number of ether oxygens (including phenoxy) is 3. The molecule has 2 aliphatic rings. The van der Waals surface area contributed by atoms with Gasteiger partial charge in [0.2, 0.25) is 0 Å². The number of carbonyl (C=O) groups is 2. The Kier molecular flexibility index (Phi) is 5.68. The van der Waals surface area contributed by atoms with E-state index in [1.807, 2.05) is 13.8 Å². The van der Waals surface area contributed by atoms with Gasteiger partial charge in [-0.25, -0.2) is 0 Å². The minimum Gasteiger partial charge on any atom is -0.466 e. The van der Waals surface area contributed by atoms with Gasteiger partial charge in [0.25, 0.3) is 0 Å². The molecule has 1 aliphatic carbocycles. The minimum absolute atomic E-state index is 0.00433. The van der Waals surface area contributed by atoms with Crippen LogP contribution in [0.1, 0.15) is 33.6 Å². The molecule has 2 rings (SSSR count). The van der Waals surface area contributed by atoms with Gasteiger partial charge in [0.1, 0.15) is 5.78 Å². The molecule has 0 bridgehead atoms. The van der Waals surface area contributed by atoms with Crippen molar-refractivity contribution in [1.82, 2.24) is 0 Å². The summed E-state index contributed by atoms with van der Waals surface area (Å²) >= 11 is 1.72. The van der Waals surface area contributed by atoms with Gasteiger partial charge in [-0.3, -0.25) is 9.59 Å². The Bertz CT molecular complexity index is 396. The molecule has 1 unspecified atom stereocenters. The average Bonchev–Trinajstić information content (AvgIpc) is 2.91. The monoisotopic (exact) mass is 316 g/mol. The smallest absolute Gasteiger partial charge is 0.302 e. The van der Waals surface area contributed by atoms with E-state index in [0.29, 0.717) is 25.4 Å². The van der Waals surface area contributed by atoms with E-state index < -0.39 is 5.79 Å². The predicted molar refractivity (Wildman–Crippen MR) is 80.1 cm³/mol. The molecule has 0 spiro atoms. The predicted octanol–water partition coefficient (Wildman–Crippen LogP) is 2.03. The van der Waals surface area contributed by atoms with E-state index in [1.54, 1.807) is 11.8 Å². The quantitative estimate of drug-likeness (QED) is 0.699. The van der Waals surface area contributed by atoms with Crippen LogP contribution in [0.2, 0.25) is 0 Å². The number of esters is 1. The first kappa shape index (κ1) is 16.8. The lowest BCUT2D eigenvalue weighted by atomic mass is 9.98. The molecule has 5 nitrogen and oxygen atoms in total. The topological polar surface area (TPSA) is 61.8 Å². The van der Waals surface area contributed by atoms with Crippen LogP contribution in [0.15, 0.2) is 0 Å². The third-order valence-electron chi connectivity index (χ3n) is 3.91. The van der Waals surface area contributed by atoms with Crippen LogP contribution < -0.4 is 0 Å². The Morgan fingerprint density at radius 2 is 2.19 bits per heavy atom. The number of Topliss-reactive ketones (excluding diaryl/α,β-unsaturated/α-hetero) is 1. The second-order valence-corrected chi connectivity index (χ2v) is 7.24. The fourth-order valence-electron chi connectivity index (χ4n) is 2.80. The van der Waals surface area contributed by atoms with Crippen LogP contribution in [0, 0.1) is 11.8 Å². The van der Waals surface area contributed by atoms with Crippen molar-refractivity contribution in [2.24, 2.45) is 11.8 Å². The van der Waals surface area contributed by atoms with Gasteiger partial charge in [-0.2, -0.15) is 11.8 Å². The van der Waals surface area contributed by atoms with Gasteiger partial charge >= 0.3 is 5.97 Å². The average molecular weight is 316 g/mol. The zero-order valence-electron chi connectivity index (χ0n) is 12.9. The Morgan fingerprint density at radius 3 is 2.81 bits per heavy atom. The van der Waals surface area contributed by atoms with E-state index in [2.05, 4.69) is 0 Å². The first-order valence-corrected chi connectivity index (χ1v) is 8.58. The summed E-state index contributed by atoms with van der Waals surface area (Å²) < 4.78 is 16.3. The molecule has 0 aromatic carbocycles. The molecule has 3 atom stereocenters. The molecule has 0 radical (unpaired) electrons. The maximum Gasteiger partial charge on any atom is 0.302 e. The number of rotatable bonds is 6. The van der Waals surface area contributed by atoms with Gasteiger partial charge in [-0.05, 0) is 20.3 Å². The van der Waals surface area contributed by atoms with Crippen molar-refractivity contribution in [2.45, 2.75) is 45.5 Å². The first-order valence-electron chi connectivity index (χ1n) is 7.43. The van der Waals surface area contributed by atoms with Crippen LogP contribution in [0.5, 0.6) is 0 Å². The second-order valence-electron chi connectivity index (χ2n) is 6.16. The van der Waals surface area contributed by atoms with Crippen LogP contribution in [0.3, 0.4) is 0 Å². The van der Waals surface area contributed by atoms with E-state index in [4.69, 9.17) is 14.2 Å². The number of hydrogen-bond donors (Lipinski definition) is 0. The molecule has 1 saturated heterocycles. The molecule has 1 saturated carbocycles. The lowest BCUT2D eigenvalue weighted by Crippen LogP contribution is -2.25. The normalized spacial score (nSPS) is 31.6. The van der Waals surface area contributed by atoms with E-state index in [0.717, 1.165) is 17.9 Å². The van der Waals surface area contributed by atoms with Crippen LogP contribution in [-0.2, 0) is 23.8 Å². The fraction of sp³-hybridized carbons (Fsp3) is 0.867. The lowest BCUT2D eigenvalue weighted by molar-refractivity contribution is -0.143. The molecule has 0 aromatic rings. The summed E-state index contributed by atoms with van der Waals surface area (Å²) in [6.45, 7) is 6.19. The SMILES string of the molecule is CC(=O)OC[C@H]1CCC(=O)[C@@H]1CSCC1COC(C)(C)O1. The maximum atomic E-state index is 11.9. The number of hydrogen-bond acceptors (Lipinski definition) is 6. The molecule has 21 heavy (non-hydrogen) atoms. The van der Waals surface area contributed by atoms with Gasteiger partial charge in [-0.1, -0.05) is 0 Å². The van der Waals surface area contributed by atoms with Crippen molar-refractivity contribution in [3.63, 3.8) is 0 Å². The zero-order chi connectivity index (χ0) is 15.5. The third-order valence-corrected chi connectivity index (χ3v) is 5.12. The molecule has 120 valence electrons. The van der Waals surface area contributed by atoms with Crippen LogP contribution >= 0.6 is 11.8 Å². The maximum absolute atomic E-state index is 11.9. The highest BCUT2D eigenvalue weighted by Crippen LogP contribution is 2.33. The van der Waals surface area contributed by atoms with Crippen molar-refractivity contribution < 1.29 is 23.8 Å². The summed E-state index contributed by atoms with van der Waals surface area (Å²) in [6.07, 6.45) is 1.52. The van der Waals surface area contributed by atoms with Gasteiger partial charge in [0.05, 0.1) is 19.3 Å². The Balaban J connectivity index is 1.72. The molecule has 0 aromatic heterocycles. The van der Waals surface area contributed by atoms with Crippen LogP contribution in [0.4, 0.5) is 0 Å². The van der Waals surface area contributed by atoms with Crippen molar-refractivity contribution in [2.75, 3.05) is 24.7 Å². The molecule has 1 aliphatic heterocycles. The van der Waals surface area contributed by atoms with Crippen molar-refractivity contribution >= 4 is 23.5 Å². The highest BCUT2D eigenvalue weighted by atomic mass is 32.2. The van der Waals surface area contributed by atoms with Gasteiger partial charge in [0.15, 0.2) is 5.79 Å². The zero-order valence-corrected chi connectivity index (χ0v) is 13.7. The molecular weight excluding hydrogens is 292 g/mol. The Labute approximate surface area is 130 Å². The third kappa shape index (κ3) is 4.97. The molecule has 0 amide bonds. The molecule has 2 fully saturated rings. The molecule has 0 N–H and O–H groups in total. The number of ketones is 1. The summed E-state index contributed by atoms with van der Waals surface area (Å²) in [6, 6.07) is 0. The molecule has 1 heterocycles. The van der Waals surface area contributed by atoms with Crippen molar-refractivity contribution in [1.29, 1.82) is 0 Å². The summed E-state index contributed by atoms with van der Waals surface area (Å²) in [7, 11) is 0. The van der Waals surface area contributed by atoms with Crippen molar-refractivity contribution in [3.8, 4) is 0 Å². The van der Waals surface area contributed by atoms with Gasteiger partial charge in [-0.15, -0.1) is 0 Å². The van der Waals surface area contributed by atoms with Crippen LogP contribution in [0.25, 0.3) is 0 Å². The van der Waals surface area contributed by atoms with Gasteiger partial charge in [0, 0.05) is 36.7 Å². The summed E-state index contributed by atoms with van der Waals surface area (Å²) in [5, 5.41) is 0. The van der Waals surface area contributed by atoms with Crippen LogP contribution in [-0.4, -0.2) is 48.4 Å². The first-order chi connectivity index (χ1) is 9.87. The highest BCUT2D eigenvalue weighted by Gasteiger charge is 2.36. The summed E-state index contributed by atoms with van der Waals surface area (Å²) in [4.78, 5) is 22.8. The Hall–Kier alpha value is -0.590. The standard InChI is InChI=1S/C15H24O5S/c1-10(16)18-6-11-4-5-14(17)13(11)9-21-8-12-7-19-15(2,3)20-12/h11-13H,4-9H2,1-3H3/t11-,12?,13-/m1/s1. The summed E-state index contributed by atoms with van der Waals surface area (Å²) in [5.74, 6) is 1.30. The Morgan fingerprint density at radius 1 is 1.43 bits per heavy atom. The lowest BCUT2D eigenvalue weighted by Gasteiger charge is -2.19. The van der Waals surface area contributed by atoms with E-state index >= 15 is 0 Å². The minimum atomic E-state index is -0.494. The van der Waals surface area contributed by atoms with Gasteiger partial charge < -0.3 is 14.2 Å². The van der Waals surface area contributed by atoms with E-state index in [-0.39, 0.29) is 23.9 Å². The largest absolute Gasteiger partial charge is 0.466 e. The molecular formula is C15H24O5S. The van der Waals surface area contributed by atoms with E-state index in [1.165, 1.54) is 6.92 Å². The fourth-order valence-corrected chi connectivity index (χ4v) is 4.08. The summed E-state index contributed by atoms with van der Waals surface area (Å²) in [5.41, 5.74) is 0. The number of carbonyl (C=O) groups excluding carboxylic acids is 2. The second kappa shape index (κ2) is 7.11. The van der Waals surface area contributed by atoms with Crippen molar-refractivity contribution in [3.05, 3.63) is 0 Å². The molecule has 6 heteroatoms. The highest BCUT2D eigenvalue weighted by molar-refractivity contribution is 7.99. The number of thioether (sulfide) groups is 1. The van der Waals surface area contributed by atoms with E-state index in [9.17, 15) is 9.59 Å².